The minimum atomic E-state index is -1.24. The lowest BCUT2D eigenvalue weighted by atomic mass is 10.0. The number of carboxylic acid groups (broad SMARTS) is 1. The standard InChI is InChI=1S/C30H22N2O4/c1-35-24-11-13-28-26(16-24)27-17-25(36-2)12-14-29(27)32(28)23-9-7-21(8-10-23)20-5-3-19(4-6-20)15-22(18-31)30(33)34/h3-17H,1-2H3,(H,33,34)/b22-15+. The van der Waals surface area contributed by atoms with Crippen LogP contribution in [0.1, 0.15) is 5.56 Å². The van der Waals surface area contributed by atoms with Crippen LogP contribution in [0.2, 0.25) is 0 Å². The summed E-state index contributed by atoms with van der Waals surface area (Å²) >= 11 is 0. The van der Waals surface area contributed by atoms with E-state index in [4.69, 9.17) is 19.8 Å². The molecule has 5 rings (SSSR count). The molecule has 6 nitrogen and oxygen atoms in total. The SMILES string of the molecule is COc1ccc2c(c1)c1cc(OC)ccc1n2-c1ccc(-c2ccc(/C=C(\C#N)C(=O)O)cc2)cc1. The number of ether oxygens (including phenoxy) is 2. The van der Waals surface area contributed by atoms with Gasteiger partial charge in [0.1, 0.15) is 23.1 Å². The van der Waals surface area contributed by atoms with Gasteiger partial charge in [-0.05, 0) is 71.3 Å². The fourth-order valence-corrected chi connectivity index (χ4v) is 4.40. The molecule has 0 bridgehead atoms. The van der Waals surface area contributed by atoms with E-state index in [1.165, 1.54) is 6.08 Å². The Hall–Kier alpha value is -5.02. The van der Waals surface area contributed by atoms with Gasteiger partial charge in [0.05, 0.1) is 25.3 Å². The van der Waals surface area contributed by atoms with Crippen molar-refractivity contribution in [1.82, 2.24) is 4.57 Å². The maximum Gasteiger partial charge on any atom is 0.346 e. The number of rotatable bonds is 6. The van der Waals surface area contributed by atoms with Crippen LogP contribution in [0.25, 0.3) is 44.7 Å². The number of aromatic nitrogens is 1. The predicted molar refractivity (Wildman–Crippen MR) is 141 cm³/mol. The third-order valence-electron chi connectivity index (χ3n) is 6.21. The molecule has 0 spiro atoms. The minimum Gasteiger partial charge on any atom is -0.497 e. The van der Waals surface area contributed by atoms with E-state index in [1.54, 1.807) is 32.4 Å². The van der Waals surface area contributed by atoms with E-state index in [9.17, 15) is 4.79 Å². The normalized spacial score (nSPS) is 11.4. The molecule has 0 amide bonds. The van der Waals surface area contributed by atoms with Gasteiger partial charge in [-0.25, -0.2) is 4.79 Å². The van der Waals surface area contributed by atoms with Gasteiger partial charge < -0.3 is 19.1 Å². The van der Waals surface area contributed by atoms with Crippen molar-refractivity contribution in [1.29, 1.82) is 5.26 Å². The average molecular weight is 475 g/mol. The van der Waals surface area contributed by atoms with Crippen LogP contribution < -0.4 is 9.47 Å². The second-order valence-electron chi connectivity index (χ2n) is 8.25. The van der Waals surface area contributed by atoms with Crippen LogP contribution in [-0.4, -0.2) is 29.9 Å². The van der Waals surface area contributed by atoms with E-state index >= 15 is 0 Å². The maximum atomic E-state index is 11.1. The van der Waals surface area contributed by atoms with Crippen LogP contribution in [0.5, 0.6) is 11.5 Å². The molecule has 36 heavy (non-hydrogen) atoms. The first-order valence-corrected chi connectivity index (χ1v) is 11.2. The number of nitriles is 1. The van der Waals surface area contributed by atoms with Gasteiger partial charge in [0, 0.05) is 16.5 Å². The van der Waals surface area contributed by atoms with Crippen molar-refractivity contribution in [3.05, 3.63) is 96.1 Å². The van der Waals surface area contributed by atoms with E-state index in [-0.39, 0.29) is 5.57 Å². The van der Waals surface area contributed by atoms with E-state index in [0.29, 0.717) is 5.56 Å². The molecule has 0 atom stereocenters. The topological polar surface area (TPSA) is 84.5 Å². The number of carboxylic acids is 1. The molecule has 0 fully saturated rings. The van der Waals surface area contributed by atoms with Crippen LogP contribution in [0.3, 0.4) is 0 Å². The second kappa shape index (κ2) is 9.32. The summed E-state index contributed by atoms with van der Waals surface area (Å²) in [4.78, 5) is 11.1. The zero-order chi connectivity index (χ0) is 25.2. The number of hydrogen-bond acceptors (Lipinski definition) is 4. The van der Waals surface area contributed by atoms with E-state index in [2.05, 4.69) is 41.0 Å². The molecule has 0 saturated heterocycles. The van der Waals surface area contributed by atoms with Crippen LogP contribution in [-0.2, 0) is 4.79 Å². The molecular weight excluding hydrogens is 452 g/mol. The van der Waals surface area contributed by atoms with E-state index < -0.39 is 5.97 Å². The molecule has 0 aliphatic heterocycles. The largest absolute Gasteiger partial charge is 0.497 e. The van der Waals surface area contributed by atoms with Crippen molar-refractivity contribution in [3.63, 3.8) is 0 Å². The molecule has 0 radical (unpaired) electrons. The molecule has 1 N–H and O–H groups in total. The zero-order valence-electron chi connectivity index (χ0n) is 19.7. The van der Waals surface area contributed by atoms with Crippen molar-refractivity contribution in [2.75, 3.05) is 14.2 Å². The third kappa shape index (κ3) is 4.04. The highest BCUT2D eigenvalue weighted by Crippen LogP contribution is 2.36. The molecule has 176 valence electrons. The third-order valence-corrected chi connectivity index (χ3v) is 6.21. The molecule has 0 aliphatic rings. The lowest BCUT2D eigenvalue weighted by Crippen LogP contribution is -1.97. The van der Waals surface area contributed by atoms with Gasteiger partial charge in [-0.15, -0.1) is 0 Å². The molecule has 6 heteroatoms. The van der Waals surface area contributed by atoms with Gasteiger partial charge >= 0.3 is 5.97 Å². The number of methoxy groups -OCH3 is 2. The maximum absolute atomic E-state index is 11.1. The summed E-state index contributed by atoms with van der Waals surface area (Å²) in [6, 6.07) is 29.5. The number of aliphatic carboxylic acids is 1. The Labute approximate surface area is 207 Å². The highest BCUT2D eigenvalue weighted by molar-refractivity contribution is 6.10. The first kappa shape index (κ1) is 22.8. The van der Waals surface area contributed by atoms with Crippen molar-refractivity contribution < 1.29 is 19.4 Å². The van der Waals surface area contributed by atoms with Crippen LogP contribution in [0.4, 0.5) is 0 Å². The Morgan fingerprint density at radius 3 is 1.75 bits per heavy atom. The van der Waals surface area contributed by atoms with Crippen molar-refractivity contribution in [3.8, 4) is 34.4 Å². The van der Waals surface area contributed by atoms with Gasteiger partial charge in [0.2, 0.25) is 0 Å². The highest BCUT2D eigenvalue weighted by Gasteiger charge is 2.14. The Balaban J connectivity index is 1.55. The van der Waals surface area contributed by atoms with E-state index in [0.717, 1.165) is 50.1 Å². The van der Waals surface area contributed by atoms with Crippen LogP contribution in [0.15, 0.2) is 90.5 Å². The predicted octanol–water partition coefficient (Wildman–Crippen LogP) is 6.46. The first-order chi connectivity index (χ1) is 17.5. The molecule has 1 aromatic heterocycles. The Kier molecular flexibility index (Phi) is 5.89. The highest BCUT2D eigenvalue weighted by atomic mass is 16.5. The zero-order valence-corrected chi connectivity index (χ0v) is 19.7. The van der Waals surface area contributed by atoms with Crippen LogP contribution >= 0.6 is 0 Å². The molecule has 0 aliphatic carbocycles. The first-order valence-electron chi connectivity index (χ1n) is 11.2. The van der Waals surface area contributed by atoms with Crippen molar-refractivity contribution >= 4 is 33.9 Å². The number of fused-ring (bicyclic) bond motifs is 3. The van der Waals surface area contributed by atoms with Crippen LogP contribution in [0, 0.1) is 11.3 Å². The second-order valence-corrected chi connectivity index (χ2v) is 8.25. The summed E-state index contributed by atoms with van der Waals surface area (Å²) < 4.78 is 13.2. The smallest absolute Gasteiger partial charge is 0.346 e. The summed E-state index contributed by atoms with van der Waals surface area (Å²) in [5.41, 5.74) is 5.53. The van der Waals surface area contributed by atoms with Gasteiger partial charge in [-0.2, -0.15) is 5.26 Å². The quantitative estimate of drug-likeness (QED) is 0.226. The van der Waals surface area contributed by atoms with Gasteiger partial charge in [-0.3, -0.25) is 0 Å². The van der Waals surface area contributed by atoms with E-state index in [1.807, 2.05) is 36.4 Å². The number of benzene rings is 4. The van der Waals surface area contributed by atoms with Crippen molar-refractivity contribution in [2.45, 2.75) is 0 Å². The minimum absolute atomic E-state index is 0.298. The summed E-state index contributed by atoms with van der Waals surface area (Å²) in [5.74, 6) is 0.352. The number of hydrogen-bond donors (Lipinski definition) is 1. The lowest BCUT2D eigenvalue weighted by molar-refractivity contribution is -0.132. The Bertz CT molecular complexity index is 1610. The molecular formula is C30H22N2O4. The Morgan fingerprint density at radius 2 is 1.31 bits per heavy atom. The summed E-state index contributed by atoms with van der Waals surface area (Å²) in [6.45, 7) is 0. The van der Waals surface area contributed by atoms with Gasteiger partial charge in [-0.1, -0.05) is 36.4 Å². The summed E-state index contributed by atoms with van der Waals surface area (Å²) in [6.07, 6.45) is 1.36. The molecule has 4 aromatic carbocycles. The fraction of sp³-hybridized carbons (Fsp3) is 0.0667. The number of nitrogens with zero attached hydrogens (tertiary/aromatic N) is 2. The number of carbonyl (C=O) groups is 1. The summed E-state index contributed by atoms with van der Waals surface area (Å²) in [7, 11) is 3.33. The molecule has 5 aromatic rings. The van der Waals surface area contributed by atoms with Gasteiger partial charge in [0.15, 0.2) is 0 Å². The van der Waals surface area contributed by atoms with Crippen molar-refractivity contribution in [2.24, 2.45) is 0 Å². The van der Waals surface area contributed by atoms with Gasteiger partial charge in [0.25, 0.3) is 0 Å². The monoisotopic (exact) mass is 474 g/mol. The molecule has 1 heterocycles. The molecule has 0 unspecified atom stereocenters. The summed E-state index contributed by atoms with van der Waals surface area (Å²) in [5, 5.41) is 20.2. The Morgan fingerprint density at radius 1 is 0.806 bits per heavy atom. The fourth-order valence-electron chi connectivity index (χ4n) is 4.40. The average Bonchev–Trinajstić information content (AvgIpc) is 3.24. The molecule has 0 saturated carbocycles. The lowest BCUT2D eigenvalue weighted by Gasteiger charge is -2.10.